The van der Waals surface area contributed by atoms with Gasteiger partial charge in [-0.1, -0.05) is 0 Å². The molecule has 2 saturated heterocycles. The van der Waals surface area contributed by atoms with Gasteiger partial charge in [-0.05, 0) is 32.8 Å². The van der Waals surface area contributed by atoms with Crippen molar-refractivity contribution in [2.24, 2.45) is 5.41 Å². The van der Waals surface area contributed by atoms with Crippen molar-refractivity contribution in [2.75, 3.05) is 40.0 Å². The van der Waals surface area contributed by atoms with Crippen molar-refractivity contribution in [3.8, 4) is 0 Å². The molecule has 1 aromatic rings. The molecule has 2 atom stereocenters. The standard InChI is InChI=1S/C18H29N5O4S/c1-13-10-14(2)23(19-13)11-16(24)22-8-6-15-18(12-22,17(25)20(3)4)7-9-28(26,27)21(15)5/h10,15H,6-9,11-12H2,1-5H3/t15-,18+/m1/s1. The largest absolute Gasteiger partial charge is 0.348 e. The van der Waals surface area contributed by atoms with Gasteiger partial charge in [-0.3, -0.25) is 14.3 Å². The zero-order chi connectivity index (χ0) is 20.9. The number of amides is 2. The van der Waals surface area contributed by atoms with Gasteiger partial charge in [0.15, 0.2) is 0 Å². The predicted octanol–water partition coefficient (Wildman–Crippen LogP) is -0.159. The Morgan fingerprint density at radius 2 is 2.00 bits per heavy atom. The number of carbonyl (C=O) groups excluding carboxylic acids is 2. The number of aromatic nitrogens is 2. The number of piperidine rings is 1. The number of hydrogen-bond donors (Lipinski definition) is 0. The van der Waals surface area contributed by atoms with E-state index in [1.807, 2.05) is 19.9 Å². The van der Waals surface area contributed by atoms with E-state index in [0.29, 0.717) is 13.0 Å². The minimum atomic E-state index is -3.37. The second-order valence-electron chi connectivity index (χ2n) is 8.14. The molecule has 1 aromatic heterocycles. The summed E-state index contributed by atoms with van der Waals surface area (Å²) < 4.78 is 27.8. The molecule has 2 amide bonds. The smallest absolute Gasteiger partial charge is 0.244 e. The van der Waals surface area contributed by atoms with E-state index in [1.54, 1.807) is 30.7 Å². The molecule has 2 aliphatic heterocycles. The molecule has 156 valence electrons. The summed E-state index contributed by atoms with van der Waals surface area (Å²) in [6.07, 6.45) is 0.670. The van der Waals surface area contributed by atoms with Crippen LogP contribution in [0.4, 0.5) is 0 Å². The molecule has 0 N–H and O–H groups in total. The van der Waals surface area contributed by atoms with Gasteiger partial charge in [0.05, 0.1) is 16.9 Å². The van der Waals surface area contributed by atoms with Crippen LogP contribution in [0, 0.1) is 19.3 Å². The molecule has 2 fully saturated rings. The van der Waals surface area contributed by atoms with Crippen LogP contribution in [0.1, 0.15) is 24.2 Å². The minimum Gasteiger partial charge on any atom is -0.348 e. The Labute approximate surface area is 166 Å². The lowest BCUT2D eigenvalue weighted by Crippen LogP contribution is -2.67. The topological polar surface area (TPSA) is 95.8 Å². The summed E-state index contributed by atoms with van der Waals surface area (Å²) in [6, 6.07) is 1.48. The van der Waals surface area contributed by atoms with E-state index >= 15 is 0 Å². The van der Waals surface area contributed by atoms with Gasteiger partial charge in [0.25, 0.3) is 0 Å². The molecule has 3 rings (SSSR count). The van der Waals surface area contributed by atoms with Gasteiger partial charge in [-0.25, -0.2) is 12.7 Å². The molecule has 0 spiro atoms. The summed E-state index contributed by atoms with van der Waals surface area (Å²) in [5, 5.41) is 4.34. The van der Waals surface area contributed by atoms with E-state index in [-0.39, 0.29) is 37.1 Å². The third kappa shape index (κ3) is 3.43. The molecule has 28 heavy (non-hydrogen) atoms. The highest BCUT2D eigenvalue weighted by Crippen LogP contribution is 2.43. The van der Waals surface area contributed by atoms with Crippen molar-refractivity contribution in [3.63, 3.8) is 0 Å². The zero-order valence-corrected chi connectivity index (χ0v) is 18.0. The van der Waals surface area contributed by atoms with Crippen LogP contribution in [0.2, 0.25) is 0 Å². The molecule has 10 heteroatoms. The molecule has 0 bridgehead atoms. The van der Waals surface area contributed by atoms with Crippen LogP contribution in [0.5, 0.6) is 0 Å². The van der Waals surface area contributed by atoms with E-state index < -0.39 is 21.5 Å². The number of hydrogen-bond acceptors (Lipinski definition) is 5. The summed E-state index contributed by atoms with van der Waals surface area (Å²) in [5.74, 6) is -0.312. The van der Waals surface area contributed by atoms with Crippen molar-refractivity contribution < 1.29 is 18.0 Å². The number of fused-ring (bicyclic) bond motifs is 1. The summed E-state index contributed by atoms with van der Waals surface area (Å²) in [7, 11) is 1.52. The van der Waals surface area contributed by atoms with E-state index in [4.69, 9.17) is 0 Å². The number of rotatable bonds is 3. The molecule has 0 saturated carbocycles. The highest BCUT2D eigenvalue weighted by molar-refractivity contribution is 7.89. The van der Waals surface area contributed by atoms with Crippen LogP contribution < -0.4 is 0 Å². The van der Waals surface area contributed by atoms with E-state index in [2.05, 4.69) is 5.10 Å². The quantitative estimate of drug-likeness (QED) is 0.689. The Balaban J connectivity index is 1.88. The number of nitrogens with zero attached hydrogens (tertiary/aromatic N) is 5. The first kappa shape index (κ1) is 20.8. The maximum atomic E-state index is 13.1. The average Bonchev–Trinajstić information content (AvgIpc) is 2.94. The Morgan fingerprint density at radius 1 is 1.32 bits per heavy atom. The SMILES string of the molecule is Cc1cc(C)n(CC(=O)N2CC[C@H]3N(C)S(=O)(=O)CC[C@]3(C(=O)N(C)C)C2)n1. The second kappa shape index (κ2) is 7.14. The van der Waals surface area contributed by atoms with Gasteiger partial charge in [0.2, 0.25) is 21.8 Å². The highest BCUT2D eigenvalue weighted by atomic mass is 32.2. The van der Waals surface area contributed by atoms with Gasteiger partial charge in [-0.15, -0.1) is 0 Å². The third-order valence-electron chi connectivity index (χ3n) is 6.04. The van der Waals surface area contributed by atoms with Crippen molar-refractivity contribution in [2.45, 2.75) is 39.3 Å². The minimum absolute atomic E-state index is 0.0843. The van der Waals surface area contributed by atoms with Crippen molar-refractivity contribution in [3.05, 3.63) is 17.5 Å². The molecule has 0 aliphatic carbocycles. The predicted molar refractivity (Wildman–Crippen MR) is 104 cm³/mol. The first-order chi connectivity index (χ1) is 13.0. The summed E-state index contributed by atoms with van der Waals surface area (Å²) >= 11 is 0. The number of carbonyl (C=O) groups is 2. The van der Waals surface area contributed by atoms with Gasteiger partial charge in [0, 0.05) is 46.0 Å². The first-order valence-corrected chi connectivity index (χ1v) is 11.0. The normalized spacial score (nSPS) is 27.3. The fourth-order valence-electron chi connectivity index (χ4n) is 4.54. The highest BCUT2D eigenvalue weighted by Gasteiger charge is 2.57. The third-order valence-corrected chi connectivity index (χ3v) is 7.89. The van der Waals surface area contributed by atoms with Crippen LogP contribution in [0.25, 0.3) is 0 Å². The van der Waals surface area contributed by atoms with Crippen LogP contribution in [-0.4, -0.2) is 90.1 Å². The van der Waals surface area contributed by atoms with E-state index in [9.17, 15) is 18.0 Å². The fourth-order valence-corrected chi connectivity index (χ4v) is 6.15. The van der Waals surface area contributed by atoms with Gasteiger partial charge in [0.1, 0.15) is 6.54 Å². The Morgan fingerprint density at radius 3 is 2.57 bits per heavy atom. The van der Waals surface area contributed by atoms with Crippen LogP contribution >= 0.6 is 0 Å². The van der Waals surface area contributed by atoms with Gasteiger partial charge >= 0.3 is 0 Å². The van der Waals surface area contributed by atoms with Crippen LogP contribution in [0.3, 0.4) is 0 Å². The lowest BCUT2D eigenvalue weighted by Gasteiger charge is -2.53. The molecular weight excluding hydrogens is 382 g/mol. The summed E-state index contributed by atoms with van der Waals surface area (Å²) in [5.41, 5.74) is 0.845. The lowest BCUT2D eigenvalue weighted by molar-refractivity contribution is -0.152. The van der Waals surface area contributed by atoms with Gasteiger partial charge < -0.3 is 9.80 Å². The summed E-state index contributed by atoms with van der Waals surface area (Å²) in [4.78, 5) is 29.3. The van der Waals surface area contributed by atoms with Crippen molar-refractivity contribution >= 4 is 21.8 Å². The number of sulfonamides is 1. The molecule has 9 nitrogen and oxygen atoms in total. The first-order valence-electron chi connectivity index (χ1n) is 9.44. The maximum Gasteiger partial charge on any atom is 0.244 e. The fraction of sp³-hybridized carbons (Fsp3) is 0.722. The Bertz CT molecular complexity index is 894. The summed E-state index contributed by atoms with van der Waals surface area (Å²) in [6.45, 7) is 4.54. The molecule has 0 aromatic carbocycles. The molecule has 0 radical (unpaired) electrons. The molecule has 3 heterocycles. The van der Waals surface area contributed by atoms with Crippen LogP contribution in [0.15, 0.2) is 6.07 Å². The zero-order valence-electron chi connectivity index (χ0n) is 17.2. The van der Waals surface area contributed by atoms with Gasteiger partial charge in [-0.2, -0.15) is 5.10 Å². The van der Waals surface area contributed by atoms with E-state index in [0.717, 1.165) is 11.4 Å². The van der Waals surface area contributed by atoms with Crippen molar-refractivity contribution in [1.29, 1.82) is 0 Å². The maximum absolute atomic E-state index is 13.1. The van der Waals surface area contributed by atoms with E-state index in [1.165, 1.54) is 9.21 Å². The Kier molecular flexibility index (Phi) is 5.30. The molecule has 0 unspecified atom stereocenters. The molecular formula is C18H29N5O4S. The number of likely N-dealkylation sites (tertiary alicyclic amines) is 1. The average molecular weight is 412 g/mol. The van der Waals surface area contributed by atoms with Crippen LogP contribution in [-0.2, 0) is 26.2 Å². The monoisotopic (exact) mass is 411 g/mol. The Hall–Kier alpha value is -1.94. The molecule has 2 aliphatic rings. The number of aryl methyl sites for hydroxylation is 2. The lowest BCUT2D eigenvalue weighted by atomic mass is 9.72. The second-order valence-corrected chi connectivity index (χ2v) is 10.3. The van der Waals surface area contributed by atoms with Crippen molar-refractivity contribution in [1.82, 2.24) is 23.9 Å².